The Balaban J connectivity index is 2.19. The first-order valence-electron chi connectivity index (χ1n) is 6.05. The van der Waals surface area contributed by atoms with Gasteiger partial charge in [0.15, 0.2) is 0 Å². The second-order valence-electron chi connectivity index (χ2n) is 4.62. The highest BCUT2D eigenvalue weighted by molar-refractivity contribution is 7.19. The molecule has 0 fully saturated rings. The average Bonchev–Trinajstić information content (AvgIpc) is 2.77. The third-order valence-electron chi connectivity index (χ3n) is 3.22. The monoisotopic (exact) mass is 267 g/mol. The Bertz CT molecular complexity index is 525. The van der Waals surface area contributed by atoms with Crippen molar-refractivity contribution in [1.82, 2.24) is 0 Å². The molecule has 0 aliphatic rings. The number of fused-ring (bicyclic) bond motifs is 1. The number of thiophene rings is 1. The van der Waals surface area contributed by atoms with Gasteiger partial charge in [-0.15, -0.1) is 11.3 Å². The summed E-state index contributed by atoms with van der Waals surface area (Å²) < 4.78 is 19.3. The number of hydrogen-bond acceptors (Lipinski definition) is 3. The predicted molar refractivity (Wildman–Crippen MR) is 74.4 cm³/mol. The zero-order chi connectivity index (χ0) is 13.1. The van der Waals surface area contributed by atoms with Crippen molar-refractivity contribution < 1.29 is 9.13 Å². The third kappa shape index (κ3) is 2.88. The van der Waals surface area contributed by atoms with Crippen LogP contribution in [0.1, 0.15) is 24.3 Å². The number of halogens is 1. The van der Waals surface area contributed by atoms with E-state index in [9.17, 15) is 4.39 Å². The summed E-state index contributed by atoms with van der Waals surface area (Å²) in [6.45, 7) is 2.84. The van der Waals surface area contributed by atoms with Gasteiger partial charge in [-0.2, -0.15) is 0 Å². The van der Waals surface area contributed by atoms with Gasteiger partial charge in [0.1, 0.15) is 5.82 Å². The van der Waals surface area contributed by atoms with Gasteiger partial charge in [0, 0.05) is 29.3 Å². The van der Waals surface area contributed by atoms with Crippen molar-refractivity contribution in [2.45, 2.75) is 19.4 Å². The van der Waals surface area contributed by atoms with Crippen molar-refractivity contribution in [3.63, 3.8) is 0 Å². The van der Waals surface area contributed by atoms with Gasteiger partial charge in [0.2, 0.25) is 0 Å². The summed E-state index contributed by atoms with van der Waals surface area (Å²) in [6, 6.07) is 6.84. The smallest absolute Gasteiger partial charge is 0.123 e. The minimum Gasteiger partial charge on any atom is -0.385 e. The maximum Gasteiger partial charge on any atom is 0.123 e. The number of benzene rings is 1. The molecular weight excluding hydrogens is 249 g/mol. The van der Waals surface area contributed by atoms with E-state index in [2.05, 4.69) is 6.92 Å². The van der Waals surface area contributed by atoms with Crippen LogP contribution in [-0.2, 0) is 4.74 Å². The molecule has 2 nitrogen and oxygen atoms in total. The lowest BCUT2D eigenvalue weighted by atomic mass is 9.98. The molecule has 0 amide bonds. The summed E-state index contributed by atoms with van der Waals surface area (Å²) in [5, 5.41) is 0.935. The number of hydrogen-bond donors (Lipinski definition) is 1. The fourth-order valence-corrected chi connectivity index (χ4v) is 3.14. The van der Waals surface area contributed by atoms with Crippen LogP contribution in [0.5, 0.6) is 0 Å². The molecule has 0 aliphatic heterocycles. The highest BCUT2D eigenvalue weighted by Gasteiger charge is 2.17. The van der Waals surface area contributed by atoms with Crippen molar-refractivity contribution in [3.05, 3.63) is 35.0 Å². The van der Waals surface area contributed by atoms with E-state index < -0.39 is 0 Å². The van der Waals surface area contributed by atoms with Gasteiger partial charge in [0.25, 0.3) is 0 Å². The van der Waals surface area contributed by atoms with E-state index in [4.69, 9.17) is 10.5 Å². The summed E-state index contributed by atoms with van der Waals surface area (Å²) in [7, 11) is 1.69. The predicted octanol–water partition coefficient (Wildman–Crippen LogP) is 3.71. The molecule has 98 valence electrons. The van der Waals surface area contributed by atoms with Crippen LogP contribution in [0, 0.1) is 11.7 Å². The van der Waals surface area contributed by atoms with E-state index in [1.807, 2.05) is 12.1 Å². The second kappa shape index (κ2) is 5.78. The summed E-state index contributed by atoms with van der Waals surface area (Å²) >= 11 is 1.64. The van der Waals surface area contributed by atoms with Gasteiger partial charge in [-0.05, 0) is 42.0 Å². The first kappa shape index (κ1) is 13.5. The molecule has 2 aromatic rings. The van der Waals surface area contributed by atoms with Crippen LogP contribution in [0.15, 0.2) is 24.3 Å². The molecule has 0 saturated carbocycles. The SMILES string of the molecule is COCCC(C)C(N)c1cc2cc(F)ccc2s1. The largest absolute Gasteiger partial charge is 0.385 e. The fraction of sp³-hybridized carbons (Fsp3) is 0.429. The van der Waals surface area contributed by atoms with E-state index in [0.29, 0.717) is 12.5 Å². The lowest BCUT2D eigenvalue weighted by molar-refractivity contribution is 0.175. The van der Waals surface area contributed by atoms with Crippen LogP contribution in [0.25, 0.3) is 10.1 Å². The van der Waals surface area contributed by atoms with E-state index in [1.54, 1.807) is 24.5 Å². The number of nitrogens with two attached hydrogens (primary N) is 1. The standard InChI is InChI=1S/C14H18FNOS/c1-9(5-6-17-2)14(16)13-8-10-7-11(15)3-4-12(10)18-13/h3-4,7-9,14H,5-6,16H2,1-2H3. The van der Waals surface area contributed by atoms with Crippen LogP contribution in [-0.4, -0.2) is 13.7 Å². The highest BCUT2D eigenvalue weighted by Crippen LogP contribution is 2.33. The molecule has 2 unspecified atom stereocenters. The first-order chi connectivity index (χ1) is 8.61. The Labute approximate surface area is 111 Å². The van der Waals surface area contributed by atoms with Crippen LogP contribution < -0.4 is 5.73 Å². The van der Waals surface area contributed by atoms with Gasteiger partial charge in [0.05, 0.1) is 0 Å². The van der Waals surface area contributed by atoms with Crippen molar-refractivity contribution in [1.29, 1.82) is 0 Å². The summed E-state index contributed by atoms with van der Waals surface area (Å²) in [5.74, 6) is 0.149. The lowest BCUT2D eigenvalue weighted by Gasteiger charge is -2.17. The summed E-state index contributed by atoms with van der Waals surface area (Å²) in [6.07, 6.45) is 0.931. The van der Waals surface area contributed by atoms with Gasteiger partial charge in [-0.3, -0.25) is 0 Å². The van der Waals surface area contributed by atoms with Crippen molar-refractivity contribution in [3.8, 4) is 0 Å². The Kier molecular flexibility index (Phi) is 4.32. The summed E-state index contributed by atoms with van der Waals surface area (Å²) in [4.78, 5) is 1.11. The molecule has 4 heteroatoms. The van der Waals surface area contributed by atoms with Crippen LogP contribution in [0.3, 0.4) is 0 Å². The molecule has 2 rings (SSSR count). The average molecular weight is 267 g/mol. The van der Waals surface area contributed by atoms with Crippen molar-refractivity contribution in [2.75, 3.05) is 13.7 Å². The van der Waals surface area contributed by atoms with E-state index in [0.717, 1.165) is 21.4 Å². The number of rotatable bonds is 5. The molecular formula is C14H18FNOS. The minimum atomic E-state index is -0.201. The maximum atomic E-state index is 13.1. The molecule has 1 aromatic heterocycles. The number of ether oxygens (including phenoxy) is 1. The Hall–Kier alpha value is -0.970. The Morgan fingerprint density at radius 2 is 2.17 bits per heavy atom. The van der Waals surface area contributed by atoms with Crippen LogP contribution in [0.4, 0.5) is 4.39 Å². The fourth-order valence-electron chi connectivity index (χ4n) is 1.96. The van der Waals surface area contributed by atoms with Crippen LogP contribution in [0.2, 0.25) is 0 Å². The lowest BCUT2D eigenvalue weighted by Crippen LogP contribution is -2.19. The molecule has 0 radical (unpaired) electrons. The minimum absolute atomic E-state index is 0.0133. The van der Waals surface area contributed by atoms with Gasteiger partial charge in [-0.1, -0.05) is 6.92 Å². The van der Waals surface area contributed by atoms with Gasteiger partial charge >= 0.3 is 0 Å². The molecule has 1 aromatic carbocycles. The van der Waals surface area contributed by atoms with Crippen LogP contribution >= 0.6 is 11.3 Å². The quantitative estimate of drug-likeness (QED) is 0.896. The van der Waals surface area contributed by atoms with E-state index in [1.165, 1.54) is 6.07 Å². The number of methoxy groups -OCH3 is 1. The van der Waals surface area contributed by atoms with Crippen molar-refractivity contribution in [2.24, 2.45) is 11.7 Å². The van der Waals surface area contributed by atoms with E-state index in [-0.39, 0.29) is 11.9 Å². The van der Waals surface area contributed by atoms with Gasteiger partial charge in [-0.25, -0.2) is 4.39 Å². The second-order valence-corrected chi connectivity index (χ2v) is 5.73. The zero-order valence-electron chi connectivity index (χ0n) is 10.7. The topological polar surface area (TPSA) is 35.2 Å². The molecule has 2 N–H and O–H groups in total. The molecule has 0 aliphatic carbocycles. The molecule has 18 heavy (non-hydrogen) atoms. The molecule has 0 bridgehead atoms. The van der Waals surface area contributed by atoms with Crippen molar-refractivity contribution >= 4 is 21.4 Å². The normalized spacial score (nSPS) is 14.9. The molecule has 0 spiro atoms. The maximum absolute atomic E-state index is 13.1. The summed E-state index contributed by atoms with van der Waals surface area (Å²) in [5.41, 5.74) is 6.24. The molecule has 1 heterocycles. The molecule has 0 saturated heterocycles. The third-order valence-corrected chi connectivity index (χ3v) is 4.43. The zero-order valence-corrected chi connectivity index (χ0v) is 11.5. The molecule has 2 atom stereocenters. The Morgan fingerprint density at radius 3 is 2.89 bits per heavy atom. The Morgan fingerprint density at radius 1 is 1.39 bits per heavy atom. The van der Waals surface area contributed by atoms with E-state index >= 15 is 0 Å². The van der Waals surface area contributed by atoms with Gasteiger partial charge < -0.3 is 10.5 Å². The first-order valence-corrected chi connectivity index (χ1v) is 6.87. The highest BCUT2D eigenvalue weighted by atomic mass is 32.1.